The zero-order chi connectivity index (χ0) is 18.6. The van der Waals surface area contributed by atoms with E-state index in [4.69, 9.17) is 10.00 Å². The van der Waals surface area contributed by atoms with E-state index in [1.807, 2.05) is 31.4 Å². The molecule has 0 unspecified atom stereocenters. The van der Waals surface area contributed by atoms with Crippen LogP contribution in [0.3, 0.4) is 0 Å². The van der Waals surface area contributed by atoms with Gasteiger partial charge in [-0.1, -0.05) is 6.07 Å². The molecule has 6 nitrogen and oxygen atoms in total. The fourth-order valence-corrected chi connectivity index (χ4v) is 2.68. The number of hydrogen-bond donors (Lipinski definition) is 1. The Labute approximate surface area is 147 Å². The lowest BCUT2D eigenvalue weighted by Gasteiger charge is -2.14. The second-order valence-corrected chi connectivity index (χ2v) is 5.76. The number of nitrogens with one attached hydrogen (secondary N) is 1. The first-order valence-corrected chi connectivity index (χ1v) is 8.06. The Balaban J connectivity index is 2.05. The highest BCUT2D eigenvalue weighted by atomic mass is 16.5. The van der Waals surface area contributed by atoms with Gasteiger partial charge in [-0.15, -0.1) is 0 Å². The molecule has 0 aliphatic carbocycles. The van der Waals surface area contributed by atoms with Gasteiger partial charge in [-0.3, -0.25) is 4.79 Å². The van der Waals surface area contributed by atoms with Crippen LogP contribution < -0.4 is 5.32 Å². The number of carbonyl (C=O) groups is 2. The standard InChI is InChI=1S/C19H21N3O3/c1-5-22-12(2)9-17(13(22)3)19(24)25-14(4)18(23)21-16-8-6-7-15(10-16)11-20/h6-10,14H,5H2,1-4H3,(H,21,23)/t14-/m1/s1. The van der Waals surface area contributed by atoms with E-state index in [1.165, 1.54) is 6.92 Å². The summed E-state index contributed by atoms with van der Waals surface area (Å²) in [4.78, 5) is 24.6. The van der Waals surface area contributed by atoms with E-state index in [1.54, 1.807) is 30.3 Å². The number of rotatable bonds is 5. The predicted octanol–water partition coefficient (Wildman–Crippen LogP) is 3.18. The molecule has 1 N–H and O–H groups in total. The van der Waals surface area contributed by atoms with Crippen molar-refractivity contribution >= 4 is 17.6 Å². The molecule has 1 aromatic heterocycles. The van der Waals surface area contributed by atoms with E-state index in [0.717, 1.165) is 17.9 Å². The molecule has 0 bridgehead atoms. The Morgan fingerprint density at radius 3 is 2.64 bits per heavy atom. The van der Waals surface area contributed by atoms with Crippen LogP contribution in [-0.2, 0) is 16.1 Å². The number of ether oxygens (including phenoxy) is 1. The summed E-state index contributed by atoms with van der Waals surface area (Å²) >= 11 is 0. The summed E-state index contributed by atoms with van der Waals surface area (Å²) in [5.74, 6) is -0.978. The first-order valence-electron chi connectivity index (χ1n) is 8.06. The van der Waals surface area contributed by atoms with Crippen molar-refractivity contribution in [2.75, 3.05) is 5.32 Å². The Morgan fingerprint density at radius 2 is 2.04 bits per heavy atom. The molecule has 1 amide bonds. The second-order valence-electron chi connectivity index (χ2n) is 5.76. The molecule has 1 atom stereocenters. The molecular formula is C19H21N3O3. The first kappa shape index (κ1) is 18.3. The SMILES string of the molecule is CCn1c(C)cc(C(=O)O[C@H](C)C(=O)Nc2cccc(C#N)c2)c1C. The molecule has 0 radical (unpaired) electrons. The quantitative estimate of drug-likeness (QED) is 0.848. The summed E-state index contributed by atoms with van der Waals surface area (Å²) in [6.07, 6.45) is -0.956. The minimum atomic E-state index is -0.956. The molecule has 0 fully saturated rings. The van der Waals surface area contributed by atoms with Crippen LogP contribution >= 0.6 is 0 Å². The summed E-state index contributed by atoms with van der Waals surface area (Å²) in [7, 11) is 0. The number of nitriles is 1. The van der Waals surface area contributed by atoms with Gasteiger partial charge in [0.25, 0.3) is 5.91 Å². The average Bonchev–Trinajstić information content (AvgIpc) is 2.88. The van der Waals surface area contributed by atoms with Gasteiger partial charge < -0.3 is 14.6 Å². The van der Waals surface area contributed by atoms with Crippen LogP contribution in [0, 0.1) is 25.2 Å². The van der Waals surface area contributed by atoms with Gasteiger partial charge in [-0.25, -0.2) is 4.79 Å². The maximum absolute atomic E-state index is 12.4. The number of hydrogen-bond acceptors (Lipinski definition) is 4. The summed E-state index contributed by atoms with van der Waals surface area (Å²) in [6, 6.07) is 10.3. The van der Waals surface area contributed by atoms with Crippen LogP contribution in [-0.4, -0.2) is 22.5 Å². The number of amides is 1. The van der Waals surface area contributed by atoms with E-state index in [0.29, 0.717) is 16.8 Å². The Kier molecular flexibility index (Phi) is 5.60. The Morgan fingerprint density at radius 1 is 1.32 bits per heavy atom. The molecule has 0 aliphatic heterocycles. The van der Waals surface area contributed by atoms with E-state index < -0.39 is 18.0 Å². The van der Waals surface area contributed by atoms with Crippen LogP contribution in [0.15, 0.2) is 30.3 Å². The number of esters is 1. The molecule has 2 aromatic rings. The largest absolute Gasteiger partial charge is 0.449 e. The van der Waals surface area contributed by atoms with Gasteiger partial charge in [0.15, 0.2) is 6.10 Å². The molecule has 0 saturated carbocycles. The van der Waals surface area contributed by atoms with Crippen molar-refractivity contribution in [3.63, 3.8) is 0 Å². The second kappa shape index (κ2) is 7.67. The van der Waals surface area contributed by atoms with Crippen LogP contribution in [0.25, 0.3) is 0 Å². The van der Waals surface area contributed by atoms with Gasteiger partial charge in [0, 0.05) is 23.6 Å². The molecule has 1 aromatic carbocycles. The van der Waals surface area contributed by atoms with Gasteiger partial charge in [0.05, 0.1) is 17.2 Å². The fourth-order valence-electron chi connectivity index (χ4n) is 2.68. The Bertz CT molecular complexity index is 846. The highest BCUT2D eigenvalue weighted by molar-refractivity contribution is 5.97. The number of anilines is 1. The molecule has 0 saturated heterocycles. The lowest BCUT2D eigenvalue weighted by molar-refractivity contribution is -0.123. The van der Waals surface area contributed by atoms with Gasteiger partial charge in [0.2, 0.25) is 0 Å². The van der Waals surface area contributed by atoms with E-state index in [9.17, 15) is 9.59 Å². The monoisotopic (exact) mass is 339 g/mol. The van der Waals surface area contributed by atoms with Crippen LogP contribution in [0.4, 0.5) is 5.69 Å². The van der Waals surface area contributed by atoms with Crippen molar-refractivity contribution in [1.29, 1.82) is 5.26 Å². The molecule has 0 spiro atoms. The fraction of sp³-hybridized carbons (Fsp3) is 0.316. The van der Waals surface area contributed by atoms with Crippen LogP contribution in [0.2, 0.25) is 0 Å². The van der Waals surface area contributed by atoms with Crippen molar-refractivity contribution in [2.24, 2.45) is 0 Å². The van der Waals surface area contributed by atoms with Crippen molar-refractivity contribution in [3.8, 4) is 6.07 Å². The summed E-state index contributed by atoms with van der Waals surface area (Å²) < 4.78 is 7.30. The van der Waals surface area contributed by atoms with Crippen molar-refractivity contribution in [1.82, 2.24) is 4.57 Å². The lowest BCUT2D eigenvalue weighted by Crippen LogP contribution is -2.30. The summed E-state index contributed by atoms with van der Waals surface area (Å²) in [5, 5.41) is 11.5. The summed E-state index contributed by atoms with van der Waals surface area (Å²) in [6.45, 7) is 8.05. The minimum Gasteiger partial charge on any atom is -0.449 e. The number of carbonyl (C=O) groups excluding carboxylic acids is 2. The number of nitrogens with zero attached hydrogens (tertiary/aromatic N) is 2. The van der Waals surface area contributed by atoms with Crippen molar-refractivity contribution < 1.29 is 14.3 Å². The molecule has 0 aliphatic rings. The Hall–Kier alpha value is -3.07. The smallest absolute Gasteiger partial charge is 0.340 e. The lowest BCUT2D eigenvalue weighted by atomic mass is 10.2. The third-order valence-electron chi connectivity index (χ3n) is 4.02. The van der Waals surface area contributed by atoms with E-state index in [2.05, 4.69) is 5.32 Å². The van der Waals surface area contributed by atoms with Crippen LogP contribution in [0.1, 0.15) is 41.2 Å². The third kappa shape index (κ3) is 4.07. The van der Waals surface area contributed by atoms with Gasteiger partial charge in [-0.05, 0) is 52.0 Å². The first-order chi connectivity index (χ1) is 11.9. The molecule has 6 heteroatoms. The van der Waals surface area contributed by atoms with Gasteiger partial charge in [-0.2, -0.15) is 5.26 Å². The molecule has 25 heavy (non-hydrogen) atoms. The predicted molar refractivity (Wildman–Crippen MR) is 94.2 cm³/mol. The van der Waals surface area contributed by atoms with Crippen LogP contribution in [0.5, 0.6) is 0 Å². The van der Waals surface area contributed by atoms with Crippen molar-refractivity contribution in [2.45, 2.75) is 40.3 Å². The number of aryl methyl sites for hydroxylation is 1. The molecule has 130 valence electrons. The minimum absolute atomic E-state index is 0.439. The van der Waals surface area contributed by atoms with Gasteiger partial charge in [0.1, 0.15) is 0 Å². The zero-order valence-electron chi connectivity index (χ0n) is 14.8. The van der Waals surface area contributed by atoms with Crippen molar-refractivity contribution in [3.05, 3.63) is 52.8 Å². The molecule has 2 rings (SSSR count). The van der Waals surface area contributed by atoms with E-state index >= 15 is 0 Å². The third-order valence-corrected chi connectivity index (χ3v) is 4.02. The average molecular weight is 339 g/mol. The maximum atomic E-state index is 12.4. The van der Waals surface area contributed by atoms with E-state index in [-0.39, 0.29) is 0 Å². The van der Waals surface area contributed by atoms with Gasteiger partial charge >= 0.3 is 5.97 Å². The molecule has 1 heterocycles. The maximum Gasteiger partial charge on any atom is 0.340 e. The highest BCUT2D eigenvalue weighted by Gasteiger charge is 2.22. The highest BCUT2D eigenvalue weighted by Crippen LogP contribution is 2.17. The normalized spacial score (nSPS) is 11.5. The molecular weight excluding hydrogens is 318 g/mol. The summed E-state index contributed by atoms with van der Waals surface area (Å²) in [5.41, 5.74) is 3.17. The zero-order valence-corrected chi connectivity index (χ0v) is 14.8. The number of aromatic nitrogens is 1. The topological polar surface area (TPSA) is 84.1 Å². The number of benzene rings is 1.